The van der Waals surface area contributed by atoms with E-state index in [-0.39, 0.29) is 11.0 Å². The predicted molar refractivity (Wildman–Crippen MR) is 75.9 cm³/mol. The number of hydrogen-bond donors (Lipinski definition) is 1. The van der Waals surface area contributed by atoms with Crippen LogP contribution in [0.25, 0.3) is 6.08 Å². The molecule has 1 aliphatic rings. The van der Waals surface area contributed by atoms with Gasteiger partial charge < -0.3 is 9.84 Å². The smallest absolute Gasteiger partial charge is 0.335 e. The van der Waals surface area contributed by atoms with Crippen molar-refractivity contribution in [1.82, 2.24) is 0 Å². The summed E-state index contributed by atoms with van der Waals surface area (Å²) in [5.74, 6) is -0.277. The highest BCUT2D eigenvalue weighted by Gasteiger charge is 2.26. The largest absolute Gasteiger partial charge is 0.485 e. The molecule has 0 fully saturated rings. The van der Waals surface area contributed by atoms with Crippen molar-refractivity contribution in [3.63, 3.8) is 0 Å². The number of aliphatic carboxylic acids is 1. The normalized spacial score (nSPS) is 18.4. The number of halogens is 1. The highest BCUT2D eigenvalue weighted by molar-refractivity contribution is 6.31. The minimum absolute atomic E-state index is 0.0878. The number of ether oxygens (including phenoxy) is 1. The summed E-state index contributed by atoms with van der Waals surface area (Å²) in [4.78, 5) is 11.1. The summed E-state index contributed by atoms with van der Waals surface area (Å²) >= 11 is 6.28. The van der Waals surface area contributed by atoms with Gasteiger partial charge in [-0.2, -0.15) is 0 Å². The molecule has 1 aromatic carbocycles. The summed E-state index contributed by atoms with van der Waals surface area (Å²) in [6, 6.07) is 3.68. The van der Waals surface area contributed by atoms with Gasteiger partial charge in [0.1, 0.15) is 11.9 Å². The molecular weight excluding hydrogens is 264 g/mol. The van der Waals surface area contributed by atoms with Gasteiger partial charge in [0.2, 0.25) is 0 Å². The van der Waals surface area contributed by atoms with Gasteiger partial charge in [0.25, 0.3) is 0 Å². The lowest BCUT2D eigenvalue weighted by Gasteiger charge is -2.27. The average molecular weight is 281 g/mol. The fraction of sp³-hybridized carbons (Fsp3) is 0.400. The molecule has 4 heteroatoms. The Bertz CT molecular complexity index is 567. The van der Waals surface area contributed by atoms with Crippen molar-refractivity contribution in [1.29, 1.82) is 0 Å². The SMILES string of the molecule is CC1Oc2cc(C(C)(C)C)c(Cl)cc2C=C1C(=O)O. The maximum Gasteiger partial charge on any atom is 0.335 e. The molecule has 0 amide bonds. The zero-order valence-corrected chi connectivity index (χ0v) is 12.2. The Labute approximate surface area is 117 Å². The second kappa shape index (κ2) is 4.57. The van der Waals surface area contributed by atoms with Crippen LogP contribution >= 0.6 is 11.6 Å². The van der Waals surface area contributed by atoms with Gasteiger partial charge in [0, 0.05) is 10.6 Å². The molecule has 0 saturated heterocycles. The Hall–Kier alpha value is -1.48. The molecule has 1 heterocycles. The molecule has 0 saturated carbocycles. The molecule has 1 atom stereocenters. The number of benzene rings is 1. The number of fused-ring (bicyclic) bond motifs is 1. The molecule has 1 unspecified atom stereocenters. The predicted octanol–water partition coefficient (Wildman–Crippen LogP) is 3.89. The van der Waals surface area contributed by atoms with E-state index < -0.39 is 12.1 Å². The quantitative estimate of drug-likeness (QED) is 0.849. The first-order chi connectivity index (χ1) is 8.70. The molecule has 0 aliphatic carbocycles. The van der Waals surface area contributed by atoms with Crippen molar-refractivity contribution in [2.75, 3.05) is 0 Å². The first-order valence-electron chi connectivity index (χ1n) is 6.15. The van der Waals surface area contributed by atoms with E-state index in [0.29, 0.717) is 16.3 Å². The highest BCUT2D eigenvalue weighted by Crippen LogP contribution is 2.38. The van der Waals surface area contributed by atoms with Crippen LogP contribution in [0.5, 0.6) is 5.75 Å². The minimum Gasteiger partial charge on any atom is -0.485 e. The maximum atomic E-state index is 11.1. The third-order valence-corrected chi connectivity index (χ3v) is 3.52. The molecule has 0 aromatic heterocycles. The van der Waals surface area contributed by atoms with Crippen LogP contribution in [0, 0.1) is 0 Å². The number of carboxylic acid groups (broad SMARTS) is 1. The first kappa shape index (κ1) is 13.9. The lowest BCUT2D eigenvalue weighted by molar-refractivity contribution is -0.133. The van der Waals surface area contributed by atoms with E-state index >= 15 is 0 Å². The fourth-order valence-corrected chi connectivity index (χ4v) is 2.59. The third kappa shape index (κ3) is 2.61. The van der Waals surface area contributed by atoms with Crippen molar-refractivity contribution in [2.24, 2.45) is 0 Å². The summed E-state index contributed by atoms with van der Waals surface area (Å²) in [5.41, 5.74) is 1.86. The van der Waals surface area contributed by atoms with Gasteiger partial charge in [0.15, 0.2) is 0 Å². The summed E-state index contributed by atoms with van der Waals surface area (Å²) in [5, 5.41) is 9.74. The topological polar surface area (TPSA) is 46.5 Å². The van der Waals surface area contributed by atoms with Gasteiger partial charge in [-0.15, -0.1) is 0 Å². The van der Waals surface area contributed by atoms with Crippen molar-refractivity contribution in [3.8, 4) is 5.75 Å². The number of hydrogen-bond acceptors (Lipinski definition) is 2. The van der Waals surface area contributed by atoms with Crippen LogP contribution < -0.4 is 4.74 Å². The van der Waals surface area contributed by atoms with E-state index in [9.17, 15) is 4.79 Å². The molecule has 19 heavy (non-hydrogen) atoms. The van der Waals surface area contributed by atoms with Crippen molar-refractivity contribution >= 4 is 23.6 Å². The number of carbonyl (C=O) groups is 1. The molecule has 1 aromatic rings. The molecule has 0 radical (unpaired) electrons. The molecule has 1 N–H and O–H groups in total. The third-order valence-electron chi connectivity index (χ3n) is 3.21. The molecule has 3 nitrogen and oxygen atoms in total. The zero-order chi connectivity index (χ0) is 14.4. The van der Waals surface area contributed by atoms with Crippen molar-refractivity contribution in [2.45, 2.75) is 39.2 Å². The van der Waals surface area contributed by atoms with Crippen LogP contribution in [-0.4, -0.2) is 17.2 Å². The summed E-state index contributed by atoms with van der Waals surface area (Å²) in [7, 11) is 0. The van der Waals surface area contributed by atoms with Crippen molar-refractivity contribution in [3.05, 3.63) is 33.9 Å². The Kier molecular flexibility index (Phi) is 3.35. The van der Waals surface area contributed by atoms with Crippen molar-refractivity contribution < 1.29 is 14.6 Å². The van der Waals surface area contributed by atoms with Gasteiger partial charge in [-0.05, 0) is 36.1 Å². The second-order valence-corrected chi connectivity index (χ2v) is 6.19. The van der Waals surface area contributed by atoms with Gasteiger partial charge in [-0.1, -0.05) is 32.4 Å². The van der Waals surface area contributed by atoms with Crippen LogP contribution in [0.15, 0.2) is 17.7 Å². The maximum absolute atomic E-state index is 11.1. The minimum atomic E-state index is -0.964. The summed E-state index contributed by atoms with van der Waals surface area (Å²) < 4.78 is 5.69. The van der Waals surface area contributed by atoms with Crippen LogP contribution in [0.1, 0.15) is 38.8 Å². The lowest BCUT2D eigenvalue weighted by Crippen LogP contribution is -2.24. The summed E-state index contributed by atoms with van der Waals surface area (Å²) in [6.07, 6.45) is 1.17. The van der Waals surface area contributed by atoms with E-state index in [1.165, 1.54) is 0 Å². The Morgan fingerprint density at radius 3 is 2.53 bits per heavy atom. The Morgan fingerprint density at radius 2 is 2.00 bits per heavy atom. The molecule has 1 aliphatic heterocycles. The van der Waals surface area contributed by atoms with Gasteiger partial charge in [0.05, 0.1) is 5.57 Å². The Morgan fingerprint density at radius 1 is 1.37 bits per heavy atom. The second-order valence-electron chi connectivity index (χ2n) is 5.78. The van der Waals surface area contributed by atoms with E-state index in [0.717, 1.165) is 5.56 Å². The molecule has 2 rings (SSSR count). The molecule has 0 spiro atoms. The lowest BCUT2D eigenvalue weighted by atomic mass is 9.85. The van der Waals surface area contributed by atoms with Crippen LogP contribution in [-0.2, 0) is 10.2 Å². The van der Waals surface area contributed by atoms with Gasteiger partial charge in [-0.25, -0.2) is 4.79 Å². The van der Waals surface area contributed by atoms with Crippen LogP contribution in [0.2, 0.25) is 5.02 Å². The van der Waals surface area contributed by atoms with Crippen LogP contribution in [0.3, 0.4) is 0 Å². The van der Waals surface area contributed by atoms with E-state index in [1.54, 1.807) is 19.1 Å². The van der Waals surface area contributed by atoms with E-state index in [4.69, 9.17) is 21.4 Å². The standard InChI is InChI=1S/C15H17ClO3/c1-8-10(14(17)18)5-9-6-12(16)11(15(2,3)4)7-13(9)19-8/h5-8H,1-4H3,(H,17,18). The highest BCUT2D eigenvalue weighted by atomic mass is 35.5. The molecular formula is C15H17ClO3. The monoisotopic (exact) mass is 280 g/mol. The first-order valence-corrected chi connectivity index (χ1v) is 6.53. The number of carboxylic acids is 1. The fourth-order valence-electron chi connectivity index (χ4n) is 2.13. The Balaban J connectivity index is 2.57. The summed E-state index contributed by atoms with van der Waals surface area (Å²) in [6.45, 7) is 7.95. The molecule has 0 bridgehead atoms. The zero-order valence-electron chi connectivity index (χ0n) is 11.5. The van der Waals surface area contributed by atoms with E-state index in [1.807, 2.05) is 6.07 Å². The molecule has 102 valence electrons. The van der Waals surface area contributed by atoms with Gasteiger partial charge >= 0.3 is 5.97 Å². The van der Waals surface area contributed by atoms with Crippen LogP contribution in [0.4, 0.5) is 0 Å². The van der Waals surface area contributed by atoms with Gasteiger partial charge in [-0.3, -0.25) is 0 Å². The average Bonchev–Trinajstić information content (AvgIpc) is 2.26. The van der Waals surface area contributed by atoms with E-state index in [2.05, 4.69) is 20.8 Å². The number of rotatable bonds is 1.